The summed E-state index contributed by atoms with van der Waals surface area (Å²) in [5.74, 6) is 0.507. The van der Waals surface area contributed by atoms with E-state index in [1.54, 1.807) is 50.2 Å². The Morgan fingerprint density at radius 1 is 1.00 bits per heavy atom. The quantitative estimate of drug-likeness (QED) is 0.167. The molecule has 11 nitrogen and oxygen atoms in total. The molecule has 1 aromatic heterocycles. The standard InChI is InChI=1S/C31H35N3O8S/c1-6-41-31(37)26-22-9-7-8-10-25(22)43-30(26)33-29(36)20-11-13-21(14-12-20)42-18(2)28(35)34-32-17-19-15-23(38-3)27(40-5)24(16-19)39-4/h11-18H,6-10H2,1-5H3,(H,33,36)(H,34,35)/b32-17+. The molecule has 0 fully saturated rings. The summed E-state index contributed by atoms with van der Waals surface area (Å²) in [4.78, 5) is 39.4. The molecule has 0 saturated carbocycles. The number of esters is 1. The summed E-state index contributed by atoms with van der Waals surface area (Å²) in [6.07, 6.45) is 4.31. The van der Waals surface area contributed by atoms with Gasteiger partial charge in [0.1, 0.15) is 10.8 Å². The Balaban J connectivity index is 1.36. The number of hydrogen-bond donors (Lipinski definition) is 2. The first-order chi connectivity index (χ1) is 20.8. The molecule has 2 amide bonds. The highest BCUT2D eigenvalue weighted by atomic mass is 32.1. The molecular formula is C31H35N3O8S. The maximum atomic E-state index is 13.1. The van der Waals surface area contributed by atoms with Gasteiger partial charge in [-0.2, -0.15) is 5.10 Å². The maximum absolute atomic E-state index is 13.1. The molecule has 1 unspecified atom stereocenters. The molecule has 12 heteroatoms. The molecule has 3 aromatic rings. The van der Waals surface area contributed by atoms with Crippen molar-refractivity contribution < 1.29 is 38.1 Å². The minimum absolute atomic E-state index is 0.258. The molecule has 0 radical (unpaired) electrons. The van der Waals surface area contributed by atoms with Gasteiger partial charge in [-0.1, -0.05) is 0 Å². The van der Waals surface area contributed by atoms with Crippen LogP contribution in [0.5, 0.6) is 23.0 Å². The number of aryl methyl sites for hydroxylation is 1. The molecule has 1 atom stereocenters. The second kappa shape index (κ2) is 14.5. The summed E-state index contributed by atoms with van der Waals surface area (Å²) < 4.78 is 27.0. The third-order valence-electron chi connectivity index (χ3n) is 6.75. The summed E-state index contributed by atoms with van der Waals surface area (Å²) in [7, 11) is 4.53. The lowest BCUT2D eigenvalue weighted by molar-refractivity contribution is -0.127. The fourth-order valence-electron chi connectivity index (χ4n) is 4.63. The Morgan fingerprint density at radius 2 is 1.67 bits per heavy atom. The summed E-state index contributed by atoms with van der Waals surface area (Å²) in [6, 6.07) is 9.77. The van der Waals surface area contributed by atoms with E-state index in [-0.39, 0.29) is 12.5 Å². The van der Waals surface area contributed by atoms with Crippen molar-refractivity contribution in [1.29, 1.82) is 0 Å². The summed E-state index contributed by atoms with van der Waals surface area (Å²) in [5.41, 5.74) is 4.88. The van der Waals surface area contributed by atoms with Crippen LogP contribution in [-0.4, -0.2) is 58.0 Å². The van der Waals surface area contributed by atoms with Gasteiger partial charge in [0.15, 0.2) is 17.6 Å². The third kappa shape index (κ3) is 7.44. The van der Waals surface area contributed by atoms with Crippen LogP contribution in [0.3, 0.4) is 0 Å². The van der Waals surface area contributed by atoms with Gasteiger partial charge in [0.2, 0.25) is 5.75 Å². The number of methoxy groups -OCH3 is 3. The van der Waals surface area contributed by atoms with E-state index in [2.05, 4.69) is 15.8 Å². The highest BCUT2D eigenvalue weighted by Crippen LogP contribution is 2.39. The topological polar surface area (TPSA) is 134 Å². The first kappa shape index (κ1) is 31.4. The van der Waals surface area contributed by atoms with Crippen LogP contribution in [0.25, 0.3) is 0 Å². The van der Waals surface area contributed by atoms with Gasteiger partial charge in [-0.25, -0.2) is 10.2 Å². The van der Waals surface area contributed by atoms with E-state index in [9.17, 15) is 14.4 Å². The van der Waals surface area contributed by atoms with E-state index in [4.69, 9.17) is 23.7 Å². The Hall–Kier alpha value is -4.58. The Labute approximate surface area is 254 Å². The number of hydrogen-bond acceptors (Lipinski definition) is 10. The summed E-state index contributed by atoms with van der Waals surface area (Å²) in [6.45, 7) is 3.60. The van der Waals surface area contributed by atoms with E-state index in [1.807, 2.05) is 0 Å². The van der Waals surface area contributed by atoms with Crippen LogP contribution in [0.4, 0.5) is 5.00 Å². The molecule has 4 rings (SSSR count). The Morgan fingerprint density at radius 3 is 2.30 bits per heavy atom. The molecule has 2 aromatic carbocycles. The molecule has 1 heterocycles. The van der Waals surface area contributed by atoms with Crippen molar-refractivity contribution in [3.05, 3.63) is 63.5 Å². The van der Waals surface area contributed by atoms with Crippen LogP contribution in [0.15, 0.2) is 41.5 Å². The second-order valence-electron chi connectivity index (χ2n) is 9.57. The average Bonchev–Trinajstić information content (AvgIpc) is 3.38. The number of hydrazone groups is 1. The smallest absolute Gasteiger partial charge is 0.341 e. The van der Waals surface area contributed by atoms with Crippen molar-refractivity contribution in [3.8, 4) is 23.0 Å². The molecule has 2 N–H and O–H groups in total. The number of carbonyl (C=O) groups is 3. The lowest BCUT2D eigenvalue weighted by Gasteiger charge is -2.14. The number of fused-ring (bicyclic) bond motifs is 1. The zero-order valence-corrected chi connectivity index (χ0v) is 25.6. The highest BCUT2D eigenvalue weighted by molar-refractivity contribution is 7.17. The predicted molar refractivity (Wildman–Crippen MR) is 163 cm³/mol. The van der Waals surface area contributed by atoms with Gasteiger partial charge in [-0.3, -0.25) is 9.59 Å². The van der Waals surface area contributed by atoms with Gasteiger partial charge in [-0.15, -0.1) is 11.3 Å². The fourth-order valence-corrected chi connectivity index (χ4v) is 5.90. The number of amides is 2. The van der Waals surface area contributed by atoms with Crippen LogP contribution in [-0.2, 0) is 22.4 Å². The number of nitrogens with one attached hydrogen (secondary N) is 2. The molecule has 0 saturated heterocycles. The predicted octanol–water partition coefficient (Wildman–Crippen LogP) is 5.00. The van der Waals surface area contributed by atoms with Gasteiger partial charge in [0, 0.05) is 16.0 Å². The van der Waals surface area contributed by atoms with Crippen LogP contribution in [0.2, 0.25) is 0 Å². The van der Waals surface area contributed by atoms with Crippen molar-refractivity contribution >= 4 is 40.3 Å². The summed E-state index contributed by atoms with van der Waals surface area (Å²) in [5, 5.41) is 7.40. The number of rotatable bonds is 12. The first-order valence-corrected chi connectivity index (χ1v) is 14.6. The number of ether oxygens (including phenoxy) is 5. The molecule has 0 bridgehead atoms. The minimum Gasteiger partial charge on any atom is -0.493 e. The zero-order chi connectivity index (χ0) is 30.9. The number of benzene rings is 2. The van der Waals surface area contributed by atoms with Gasteiger partial charge >= 0.3 is 5.97 Å². The minimum atomic E-state index is -0.874. The largest absolute Gasteiger partial charge is 0.493 e. The van der Waals surface area contributed by atoms with Gasteiger partial charge < -0.3 is 29.0 Å². The number of carbonyl (C=O) groups excluding carboxylic acids is 3. The van der Waals surface area contributed by atoms with E-state index in [0.717, 1.165) is 36.1 Å². The van der Waals surface area contributed by atoms with Crippen molar-refractivity contribution in [2.75, 3.05) is 33.3 Å². The number of nitrogens with zero attached hydrogens (tertiary/aromatic N) is 1. The van der Waals surface area contributed by atoms with Crippen molar-refractivity contribution in [2.24, 2.45) is 5.10 Å². The fraction of sp³-hybridized carbons (Fsp3) is 0.355. The first-order valence-electron chi connectivity index (χ1n) is 13.8. The lowest BCUT2D eigenvalue weighted by atomic mass is 9.95. The van der Waals surface area contributed by atoms with Crippen LogP contribution >= 0.6 is 11.3 Å². The number of thiophene rings is 1. The van der Waals surface area contributed by atoms with Gasteiger partial charge in [0.25, 0.3) is 11.8 Å². The Bertz CT molecular complexity index is 1470. The monoisotopic (exact) mass is 609 g/mol. The Kier molecular flexibility index (Phi) is 10.6. The number of anilines is 1. The van der Waals surface area contributed by atoms with Crippen molar-refractivity contribution in [1.82, 2.24) is 5.43 Å². The SMILES string of the molecule is CCOC(=O)c1c(NC(=O)c2ccc(OC(C)C(=O)N/N=C/c3cc(OC)c(OC)c(OC)c3)cc2)sc2c1CCCC2. The van der Waals surface area contributed by atoms with Crippen LogP contribution < -0.4 is 29.7 Å². The molecule has 1 aliphatic carbocycles. The molecule has 0 aliphatic heterocycles. The van der Waals surface area contributed by atoms with Crippen molar-refractivity contribution in [3.63, 3.8) is 0 Å². The van der Waals surface area contributed by atoms with E-state index in [1.165, 1.54) is 38.9 Å². The van der Waals surface area contributed by atoms with Gasteiger partial charge in [0.05, 0.1) is 39.7 Å². The lowest BCUT2D eigenvalue weighted by Crippen LogP contribution is -2.33. The molecular weight excluding hydrogens is 574 g/mol. The third-order valence-corrected chi connectivity index (χ3v) is 7.96. The second-order valence-corrected chi connectivity index (χ2v) is 10.7. The molecule has 43 heavy (non-hydrogen) atoms. The zero-order valence-electron chi connectivity index (χ0n) is 24.8. The van der Waals surface area contributed by atoms with Crippen LogP contribution in [0.1, 0.15) is 63.4 Å². The summed E-state index contributed by atoms with van der Waals surface area (Å²) >= 11 is 1.43. The molecule has 0 spiro atoms. The highest BCUT2D eigenvalue weighted by Gasteiger charge is 2.27. The van der Waals surface area contributed by atoms with E-state index in [0.29, 0.717) is 44.7 Å². The molecule has 228 valence electrons. The molecule has 1 aliphatic rings. The maximum Gasteiger partial charge on any atom is 0.341 e. The van der Waals surface area contributed by atoms with Crippen molar-refractivity contribution in [2.45, 2.75) is 45.6 Å². The van der Waals surface area contributed by atoms with Crippen LogP contribution in [0, 0.1) is 0 Å². The van der Waals surface area contributed by atoms with Gasteiger partial charge in [-0.05, 0) is 81.5 Å². The normalized spacial score (nSPS) is 13.0. The van der Waals surface area contributed by atoms with E-state index >= 15 is 0 Å². The average molecular weight is 610 g/mol. The van der Waals surface area contributed by atoms with E-state index < -0.39 is 18.0 Å².